The van der Waals surface area contributed by atoms with E-state index in [1.54, 1.807) is 17.6 Å². The SMILES string of the molecule is CCCC1CC[C](C2=CCC(c3ccc(F)c(F)c3)CC2)CC1. The van der Waals surface area contributed by atoms with Crippen molar-refractivity contribution in [3.05, 3.63) is 53.0 Å². The summed E-state index contributed by atoms with van der Waals surface area (Å²) in [5.74, 6) is 1.47. The van der Waals surface area contributed by atoms with Crippen LogP contribution in [0.1, 0.15) is 76.2 Å². The monoisotopic (exact) mass is 317 g/mol. The topological polar surface area (TPSA) is 0 Å². The predicted octanol–water partition coefficient (Wildman–Crippen LogP) is 6.72. The van der Waals surface area contributed by atoms with E-state index in [-0.39, 0.29) is 0 Å². The van der Waals surface area contributed by atoms with Gasteiger partial charge in [-0.3, -0.25) is 0 Å². The Hall–Kier alpha value is -1.18. The molecule has 1 atom stereocenters. The molecule has 0 amide bonds. The molecule has 0 nitrogen and oxygen atoms in total. The molecule has 2 aliphatic rings. The van der Waals surface area contributed by atoms with E-state index >= 15 is 0 Å². The fourth-order valence-corrected chi connectivity index (χ4v) is 4.27. The Morgan fingerprint density at radius 3 is 2.39 bits per heavy atom. The number of rotatable bonds is 4. The fraction of sp³-hybridized carbons (Fsp3) is 0.571. The molecule has 3 rings (SSSR count). The Morgan fingerprint density at radius 1 is 1.00 bits per heavy atom. The molecular weight excluding hydrogens is 290 g/mol. The van der Waals surface area contributed by atoms with E-state index in [0.29, 0.717) is 5.92 Å². The summed E-state index contributed by atoms with van der Waals surface area (Å²) in [6, 6.07) is 4.38. The minimum atomic E-state index is -0.750. The maximum absolute atomic E-state index is 13.4. The predicted molar refractivity (Wildman–Crippen MR) is 91.1 cm³/mol. The van der Waals surface area contributed by atoms with Crippen LogP contribution in [0.5, 0.6) is 0 Å². The summed E-state index contributed by atoms with van der Waals surface area (Å²) >= 11 is 0. The number of hydrogen-bond donors (Lipinski definition) is 0. The molecule has 1 saturated carbocycles. The summed E-state index contributed by atoms with van der Waals surface area (Å²) in [5.41, 5.74) is 2.50. The van der Waals surface area contributed by atoms with E-state index in [4.69, 9.17) is 0 Å². The zero-order valence-corrected chi connectivity index (χ0v) is 14.1. The van der Waals surface area contributed by atoms with Gasteiger partial charge in [0.05, 0.1) is 0 Å². The average molecular weight is 317 g/mol. The van der Waals surface area contributed by atoms with Crippen molar-refractivity contribution < 1.29 is 8.78 Å². The fourth-order valence-electron chi connectivity index (χ4n) is 4.27. The van der Waals surface area contributed by atoms with Crippen molar-refractivity contribution in [1.29, 1.82) is 0 Å². The Balaban J connectivity index is 1.57. The van der Waals surface area contributed by atoms with Crippen molar-refractivity contribution in [2.75, 3.05) is 0 Å². The van der Waals surface area contributed by atoms with Crippen molar-refractivity contribution in [3.8, 4) is 0 Å². The van der Waals surface area contributed by atoms with Crippen LogP contribution >= 0.6 is 0 Å². The molecule has 0 aliphatic heterocycles. The van der Waals surface area contributed by atoms with Crippen LogP contribution in [0.25, 0.3) is 0 Å². The second-order valence-corrected chi connectivity index (χ2v) is 7.21. The molecule has 1 radical (unpaired) electrons. The van der Waals surface area contributed by atoms with Crippen LogP contribution < -0.4 is 0 Å². The lowest BCUT2D eigenvalue weighted by Gasteiger charge is -2.32. The molecular formula is C21H27F2. The molecule has 0 aromatic heterocycles. The van der Waals surface area contributed by atoms with Gasteiger partial charge in [-0.1, -0.05) is 37.5 Å². The molecule has 0 spiro atoms. The summed E-state index contributed by atoms with van der Waals surface area (Å²) in [6.45, 7) is 2.28. The van der Waals surface area contributed by atoms with Crippen molar-refractivity contribution in [2.24, 2.45) is 5.92 Å². The summed E-state index contributed by atoms with van der Waals surface area (Å²) in [6.07, 6.45) is 13.4. The van der Waals surface area contributed by atoms with Gasteiger partial charge < -0.3 is 0 Å². The van der Waals surface area contributed by atoms with E-state index in [1.807, 2.05) is 0 Å². The lowest BCUT2D eigenvalue weighted by molar-refractivity contribution is 0.355. The van der Waals surface area contributed by atoms with Gasteiger partial charge in [-0.2, -0.15) is 0 Å². The first kappa shape index (κ1) is 16.7. The number of halogens is 2. The second kappa shape index (κ2) is 7.59. The molecule has 1 fully saturated rings. The van der Waals surface area contributed by atoms with Gasteiger partial charge in [-0.25, -0.2) is 8.78 Å². The van der Waals surface area contributed by atoms with E-state index in [0.717, 1.165) is 30.7 Å². The molecule has 1 unspecified atom stereocenters. The Bertz CT molecular complexity index is 553. The smallest absolute Gasteiger partial charge is 0.159 e. The van der Waals surface area contributed by atoms with Crippen molar-refractivity contribution >= 4 is 0 Å². The lowest BCUT2D eigenvalue weighted by Crippen LogP contribution is -2.17. The van der Waals surface area contributed by atoms with Gasteiger partial charge in [-0.05, 0) is 74.5 Å². The van der Waals surface area contributed by atoms with Crippen LogP contribution in [-0.2, 0) is 0 Å². The lowest BCUT2D eigenvalue weighted by atomic mass is 9.73. The minimum absolute atomic E-state index is 0.339. The number of allylic oxidation sites excluding steroid dienone is 2. The molecule has 1 aromatic rings. The van der Waals surface area contributed by atoms with Gasteiger partial charge in [0.15, 0.2) is 11.6 Å². The quantitative estimate of drug-likeness (QED) is 0.578. The van der Waals surface area contributed by atoms with Gasteiger partial charge in [-0.15, -0.1) is 0 Å². The summed E-state index contributed by atoms with van der Waals surface area (Å²) in [4.78, 5) is 0. The third-order valence-electron chi connectivity index (χ3n) is 5.69. The summed E-state index contributed by atoms with van der Waals surface area (Å²) < 4.78 is 26.5. The largest absolute Gasteiger partial charge is 0.204 e. The van der Waals surface area contributed by atoms with E-state index in [9.17, 15) is 8.78 Å². The third kappa shape index (κ3) is 4.02. The molecule has 2 heteroatoms. The van der Waals surface area contributed by atoms with E-state index < -0.39 is 11.6 Å². The molecule has 0 saturated heterocycles. The van der Waals surface area contributed by atoms with Gasteiger partial charge in [0.2, 0.25) is 0 Å². The number of benzene rings is 1. The van der Waals surface area contributed by atoms with Crippen molar-refractivity contribution in [1.82, 2.24) is 0 Å². The maximum Gasteiger partial charge on any atom is 0.159 e. The highest BCUT2D eigenvalue weighted by Gasteiger charge is 2.26. The molecule has 1 aromatic carbocycles. The molecule has 23 heavy (non-hydrogen) atoms. The highest BCUT2D eigenvalue weighted by Crippen LogP contribution is 2.42. The minimum Gasteiger partial charge on any atom is -0.204 e. The maximum atomic E-state index is 13.4. The highest BCUT2D eigenvalue weighted by molar-refractivity contribution is 5.31. The average Bonchev–Trinajstić information content (AvgIpc) is 2.59. The normalized spacial score (nSPS) is 23.8. The molecule has 0 heterocycles. The molecule has 0 bridgehead atoms. The Morgan fingerprint density at radius 2 is 1.78 bits per heavy atom. The highest BCUT2D eigenvalue weighted by atomic mass is 19.2. The summed E-state index contributed by atoms with van der Waals surface area (Å²) in [5, 5.41) is 0. The van der Waals surface area contributed by atoms with Crippen LogP contribution in [0.15, 0.2) is 29.8 Å². The first-order valence-electron chi connectivity index (χ1n) is 9.16. The van der Waals surface area contributed by atoms with Crippen LogP contribution in [0.2, 0.25) is 0 Å². The Labute approximate surface area is 139 Å². The van der Waals surface area contributed by atoms with Crippen LogP contribution in [0.3, 0.4) is 0 Å². The van der Waals surface area contributed by atoms with Gasteiger partial charge in [0.1, 0.15) is 0 Å². The van der Waals surface area contributed by atoms with E-state index in [1.165, 1.54) is 50.7 Å². The van der Waals surface area contributed by atoms with Crippen molar-refractivity contribution in [2.45, 2.75) is 70.6 Å². The van der Waals surface area contributed by atoms with Crippen LogP contribution in [0, 0.1) is 23.5 Å². The molecule has 0 N–H and O–H groups in total. The molecule has 125 valence electrons. The standard InChI is InChI=1S/C21H27F2/c1-2-3-15-4-6-16(7-5-15)17-8-10-18(11-9-17)19-12-13-20(22)21(23)14-19/h8,12-15,18H,2-7,9-11H2,1H3. The zero-order valence-electron chi connectivity index (χ0n) is 14.1. The van der Waals surface area contributed by atoms with Gasteiger partial charge in [0.25, 0.3) is 0 Å². The van der Waals surface area contributed by atoms with E-state index in [2.05, 4.69) is 13.0 Å². The first-order valence-corrected chi connectivity index (χ1v) is 9.16. The third-order valence-corrected chi connectivity index (χ3v) is 5.69. The first-order chi connectivity index (χ1) is 11.2. The Kier molecular flexibility index (Phi) is 5.50. The molecule has 2 aliphatic carbocycles. The van der Waals surface area contributed by atoms with Gasteiger partial charge >= 0.3 is 0 Å². The zero-order chi connectivity index (χ0) is 16.2. The van der Waals surface area contributed by atoms with Crippen LogP contribution in [0.4, 0.5) is 8.78 Å². The van der Waals surface area contributed by atoms with Crippen molar-refractivity contribution in [3.63, 3.8) is 0 Å². The summed E-state index contributed by atoms with van der Waals surface area (Å²) in [7, 11) is 0. The second-order valence-electron chi connectivity index (χ2n) is 7.21. The number of hydrogen-bond acceptors (Lipinski definition) is 0. The van der Waals surface area contributed by atoms with Gasteiger partial charge in [0, 0.05) is 5.92 Å². The van der Waals surface area contributed by atoms with Crippen LogP contribution in [-0.4, -0.2) is 0 Å².